The maximum atomic E-state index is 4.29. The second-order valence-electron chi connectivity index (χ2n) is 3.64. The molecule has 1 aromatic heterocycles. The number of rotatable bonds is 3. The zero-order valence-electron chi connectivity index (χ0n) is 9.13. The molecule has 74 valence electrons. The van der Waals surface area contributed by atoms with Gasteiger partial charge in [0, 0.05) is 17.8 Å². The van der Waals surface area contributed by atoms with E-state index in [1.807, 2.05) is 20.3 Å². The number of hydrogen-bond acceptors (Lipinski definition) is 2. The first kappa shape index (κ1) is 10.3. The van der Waals surface area contributed by atoms with Crippen LogP contribution >= 0.6 is 0 Å². The Morgan fingerprint density at radius 2 is 2.00 bits per heavy atom. The summed E-state index contributed by atoms with van der Waals surface area (Å²) >= 11 is 0. The molecule has 0 aliphatic heterocycles. The van der Waals surface area contributed by atoms with Gasteiger partial charge in [0.05, 0.1) is 12.0 Å². The number of aromatic nitrogens is 2. The minimum Gasteiger partial charge on any atom is -0.330 e. The molecule has 1 N–H and O–H groups in total. The van der Waals surface area contributed by atoms with E-state index in [-0.39, 0.29) is 0 Å². The molecule has 0 aromatic carbocycles. The van der Waals surface area contributed by atoms with Gasteiger partial charge in [0.1, 0.15) is 0 Å². The predicted molar refractivity (Wildman–Crippen MR) is 54.9 cm³/mol. The number of nitrogens with zero attached hydrogens (tertiary/aromatic N) is 2. The summed E-state index contributed by atoms with van der Waals surface area (Å²) in [6.45, 7) is 8.54. The van der Waals surface area contributed by atoms with Gasteiger partial charge in [-0.1, -0.05) is 0 Å². The summed E-state index contributed by atoms with van der Waals surface area (Å²) in [6, 6.07) is 0.915. The Kier molecular flexibility index (Phi) is 3.09. The summed E-state index contributed by atoms with van der Waals surface area (Å²) in [6.07, 6.45) is 1.92. The Bertz CT molecular complexity index is 278. The average Bonchev–Trinajstić information content (AvgIpc) is 2.45. The number of nitrogens with one attached hydrogen (secondary N) is 1. The molecule has 0 radical (unpaired) electrons. The van der Waals surface area contributed by atoms with Gasteiger partial charge in [-0.3, -0.25) is 0 Å². The van der Waals surface area contributed by atoms with Crippen molar-refractivity contribution in [3.05, 3.63) is 17.7 Å². The van der Waals surface area contributed by atoms with Crippen molar-refractivity contribution < 1.29 is 0 Å². The number of hydrogen-bond donors (Lipinski definition) is 1. The van der Waals surface area contributed by atoms with Crippen LogP contribution in [-0.2, 0) is 0 Å². The van der Waals surface area contributed by atoms with E-state index in [2.05, 4.69) is 35.6 Å². The van der Waals surface area contributed by atoms with Crippen LogP contribution in [0.3, 0.4) is 0 Å². The molecule has 0 aliphatic rings. The Labute approximate surface area is 80.2 Å². The molecule has 0 aliphatic carbocycles. The number of aryl methyl sites for hydroxylation is 1. The fourth-order valence-corrected chi connectivity index (χ4v) is 1.41. The summed E-state index contributed by atoms with van der Waals surface area (Å²) in [5, 5.41) is 3.25. The SMILES string of the molecule is CNC(C)C(C)n1cnc(C)c1C. The predicted octanol–water partition coefficient (Wildman–Crippen LogP) is 1.67. The third kappa shape index (κ3) is 1.91. The number of imidazole rings is 1. The standard InChI is InChI=1S/C10H19N3/c1-7(11-5)9(3)13-6-12-8(2)10(13)4/h6-7,9,11H,1-5H3. The molecule has 3 nitrogen and oxygen atoms in total. The summed E-state index contributed by atoms with van der Waals surface area (Å²) in [5.41, 5.74) is 2.38. The van der Waals surface area contributed by atoms with Crippen molar-refractivity contribution in [1.29, 1.82) is 0 Å². The third-order valence-corrected chi connectivity index (χ3v) is 2.90. The zero-order valence-corrected chi connectivity index (χ0v) is 9.13. The van der Waals surface area contributed by atoms with Crippen LogP contribution in [0.5, 0.6) is 0 Å². The summed E-state index contributed by atoms with van der Waals surface area (Å²) in [4.78, 5) is 4.29. The van der Waals surface area contributed by atoms with E-state index in [4.69, 9.17) is 0 Å². The lowest BCUT2D eigenvalue weighted by atomic mass is 10.1. The molecule has 1 heterocycles. The van der Waals surface area contributed by atoms with Gasteiger partial charge in [0.25, 0.3) is 0 Å². The normalized spacial score (nSPS) is 15.8. The topological polar surface area (TPSA) is 29.9 Å². The van der Waals surface area contributed by atoms with E-state index in [0.717, 1.165) is 5.69 Å². The molecule has 0 saturated carbocycles. The quantitative estimate of drug-likeness (QED) is 0.768. The molecular formula is C10H19N3. The van der Waals surface area contributed by atoms with Crippen LogP contribution in [0.4, 0.5) is 0 Å². The first-order valence-corrected chi connectivity index (χ1v) is 4.75. The smallest absolute Gasteiger partial charge is 0.0954 e. The Hall–Kier alpha value is -0.830. The highest BCUT2D eigenvalue weighted by atomic mass is 15.1. The average molecular weight is 181 g/mol. The van der Waals surface area contributed by atoms with Crippen molar-refractivity contribution in [3.8, 4) is 0 Å². The highest BCUT2D eigenvalue weighted by Crippen LogP contribution is 2.15. The molecule has 1 aromatic rings. The lowest BCUT2D eigenvalue weighted by molar-refractivity contribution is 0.409. The fourth-order valence-electron chi connectivity index (χ4n) is 1.41. The maximum absolute atomic E-state index is 4.29. The zero-order chi connectivity index (χ0) is 10.0. The van der Waals surface area contributed by atoms with Gasteiger partial charge in [-0.15, -0.1) is 0 Å². The molecule has 1 rings (SSSR count). The van der Waals surface area contributed by atoms with Crippen molar-refractivity contribution in [2.24, 2.45) is 0 Å². The summed E-state index contributed by atoms with van der Waals surface area (Å²) in [7, 11) is 1.99. The molecule has 0 bridgehead atoms. The van der Waals surface area contributed by atoms with Gasteiger partial charge < -0.3 is 9.88 Å². The largest absolute Gasteiger partial charge is 0.330 e. The van der Waals surface area contributed by atoms with Crippen molar-refractivity contribution in [3.63, 3.8) is 0 Å². The van der Waals surface area contributed by atoms with Crippen LogP contribution in [0, 0.1) is 13.8 Å². The molecule has 2 unspecified atom stereocenters. The van der Waals surface area contributed by atoms with E-state index < -0.39 is 0 Å². The molecule has 0 saturated heterocycles. The van der Waals surface area contributed by atoms with Crippen molar-refractivity contribution >= 4 is 0 Å². The molecule has 13 heavy (non-hydrogen) atoms. The lowest BCUT2D eigenvalue weighted by Gasteiger charge is -2.22. The van der Waals surface area contributed by atoms with Crippen LogP contribution in [0.15, 0.2) is 6.33 Å². The first-order chi connectivity index (χ1) is 6.07. The third-order valence-electron chi connectivity index (χ3n) is 2.90. The molecule has 0 amide bonds. The van der Waals surface area contributed by atoms with Crippen LogP contribution in [0.25, 0.3) is 0 Å². The minimum absolute atomic E-state index is 0.450. The highest BCUT2D eigenvalue weighted by molar-refractivity contribution is 5.10. The van der Waals surface area contributed by atoms with E-state index in [9.17, 15) is 0 Å². The van der Waals surface area contributed by atoms with E-state index >= 15 is 0 Å². The minimum atomic E-state index is 0.450. The van der Waals surface area contributed by atoms with Gasteiger partial charge in [-0.2, -0.15) is 0 Å². The molecular weight excluding hydrogens is 162 g/mol. The molecule has 2 atom stereocenters. The van der Waals surface area contributed by atoms with Gasteiger partial charge in [-0.05, 0) is 34.7 Å². The Morgan fingerprint density at radius 1 is 1.38 bits per heavy atom. The second kappa shape index (κ2) is 3.92. The van der Waals surface area contributed by atoms with Gasteiger partial charge in [0.15, 0.2) is 0 Å². The fraction of sp³-hybridized carbons (Fsp3) is 0.700. The second-order valence-corrected chi connectivity index (χ2v) is 3.64. The molecule has 3 heteroatoms. The summed E-state index contributed by atoms with van der Waals surface area (Å²) in [5.74, 6) is 0. The molecule has 0 spiro atoms. The van der Waals surface area contributed by atoms with Crippen molar-refractivity contribution in [2.45, 2.75) is 39.8 Å². The summed E-state index contributed by atoms with van der Waals surface area (Å²) < 4.78 is 2.22. The first-order valence-electron chi connectivity index (χ1n) is 4.75. The van der Waals surface area contributed by atoms with Crippen LogP contribution in [0.2, 0.25) is 0 Å². The monoisotopic (exact) mass is 181 g/mol. The highest BCUT2D eigenvalue weighted by Gasteiger charge is 2.14. The number of likely N-dealkylation sites (N-methyl/N-ethyl adjacent to an activating group) is 1. The van der Waals surface area contributed by atoms with Crippen molar-refractivity contribution in [1.82, 2.24) is 14.9 Å². The Balaban J connectivity index is 2.88. The van der Waals surface area contributed by atoms with E-state index in [1.165, 1.54) is 5.69 Å². The molecule has 0 fully saturated rings. The lowest BCUT2D eigenvalue weighted by Crippen LogP contribution is -2.30. The van der Waals surface area contributed by atoms with Gasteiger partial charge >= 0.3 is 0 Å². The van der Waals surface area contributed by atoms with Crippen LogP contribution in [-0.4, -0.2) is 22.6 Å². The van der Waals surface area contributed by atoms with E-state index in [0.29, 0.717) is 12.1 Å². The van der Waals surface area contributed by atoms with Crippen molar-refractivity contribution in [2.75, 3.05) is 7.05 Å². The van der Waals surface area contributed by atoms with Crippen LogP contribution < -0.4 is 5.32 Å². The van der Waals surface area contributed by atoms with Crippen LogP contribution in [0.1, 0.15) is 31.3 Å². The van der Waals surface area contributed by atoms with Gasteiger partial charge in [-0.25, -0.2) is 4.98 Å². The van der Waals surface area contributed by atoms with E-state index in [1.54, 1.807) is 0 Å². The van der Waals surface area contributed by atoms with Gasteiger partial charge in [0.2, 0.25) is 0 Å². The maximum Gasteiger partial charge on any atom is 0.0954 e. The Morgan fingerprint density at radius 3 is 2.38 bits per heavy atom.